The number of benzene rings is 1. The normalized spacial score (nSPS) is 11.5. The van der Waals surface area contributed by atoms with E-state index in [1.165, 1.54) is 21.4 Å². The van der Waals surface area contributed by atoms with Gasteiger partial charge in [0, 0.05) is 5.56 Å². The summed E-state index contributed by atoms with van der Waals surface area (Å²) in [6.07, 6.45) is 0. The molecule has 0 heterocycles. The maximum atomic E-state index is 12.6. The van der Waals surface area contributed by atoms with Crippen molar-refractivity contribution in [3.05, 3.63) is 29.8 Å². The molecule has 0 radical (unpaired) electrons. The Balaban J connectivity index is 2.94. The molecular formula is C7H8BF2O2P. The summed E-state index contributed by atoms with van der Waals surface area (Å²) in [6.45, 7) is 0. The average molecular weight is 204 g/mol. The zero-order chi connectivity index (χ0) is 10.1. The summed E-state index contributed by atoms with van der Waals surface area (Å²) < 4.78 is 25.3. The lowest BCUT2D eigenvalue weighted by atomic mass is 9.80. The summed E-state index contributed by atoms with van der Waals surface area (Å²) >= 11 is 0. The molecule has 0 aliphatic rings. The van der Waals surface area contributed by atoms with E-state index in [1.54, 1.807) is 0 Å². The Labute approximate surface area is 76.9 Å². The van der Waals surface area contributed by atoms with Crippen molar-refractivity contribution < 1.29 is 18.8 Å². The molecule has 0 amide bonds. The van der Waals surface area contributed by atoms with Crippen LogP contribution in [0.25, 0.3) is 0 Å². The smallest absolute Gasteiger partial charge is 0.423 e. The molecule has 0 bridgehead atoms. The molecule has 13 heavy (non-hydrogen) atoms. The second-order valence-corrected chi connectivity index (χ2v) is 3.34. The van der Waals surface area contributed by atoms with E-state index in [2.05, 4.69) is 0 Å². The number of hydrogen-bond donors (Lipinski definition) is 2. The molecule has 1 unspecified atom stereocenters. The van der Waals surface area contributed by atoms with Gasteiger partial charge in [-0.3, -0.25) is 0 Å². The molecular weight excluding hydrogens is 196 g/mol. The van der Waals surface area contributed by atoms with Gasteiger partial charge in [0.25, 0.3) is 5.66 Å². The highest BCUT2D eigenvalue weighted by Gasteiger charge is 2.24. The lowest BCUT2D eigenvalue weighted by Gasteiger charge is -2.10. The molecule has 2 nitrogen and oxygen atoms in total. The Morgan fingerprint density at radius 1 is 1.15 bits per heavy atom. The van der Waals surface area contributed by atoms with Gasteiger partial charge in [0.2, 0.25) is 0 Å². The number of rotatable bonds is 2. The first-order valence-corrected chi connectivity index (χ1v) is 4.12. The van der Waals surface area contributed by atoms with Crippen LogP contribution in [0, 0.1) is 0 Å². The summed E-state index contributed by atoms with van der Waals surface area (Å²) in [6, 6.07) is 4.81. The highest BCUT2D eigenvalue weighted by Crippen LogP contribution is 2.33. The molecule has 0 saturated heterocycles. The quantitative estimate of drug-likeness (QED) is 0.536. The van der Waals surface area contributed by atoms with Crippen molar-refractivity contribution in [1.82, 2.24) is 0 Å². The molecule has 0 aliphatic heterocycles. The third-order valence-corrected chi connectivity index (χ3v) is 1.93. The van der Waals surface area contributed by atoms with E-state index < -0.39 is 12.8 Å². The van der Waals surface area contributed by atoms with Gasteiger partial charge in [-0.05, 0) is 5.46 Å². The van der Waals surface area contributed by atoms with Gasteiger partial charge in [0.05, 0.1) is 0 Å². The summed E-state index contributed by atoms with van der Waals surface area (Å²) in [7, 11) is -0.207. The van der Waals surface area contributed by atoms with E-state index in [-0.39, 0.29) is 11.0 Å². The van der Waals surface area contributed by atoms with Crippen molar-refractivity contribution in [2.45, 2.75) is 5.66 Å². The van der Waals surface area contributed by atoms with Crippen molar-refractivity contribution in [3.8, 4) is 0 Å². The van der Waals surface area contributed by atoms with Crippen molar-refractivity contribution >= 4 is 21.8 Å². The van der Waals surface area contributed by atoms with Crippen molar-refractivity contribution in [1.29, 1.82) is 0 Å². The number of halogens is 2. The molecule has 2 N–H and O–H groups in total. The van der Waals surface area contributed by atoms with E-state index in [0.717, 1.165) is 12.1 Å². The van der Waals surface area contributed by atoms with Crippen LogP contribution in [0.1, 0.15) is 5.56 Å². The maximum absolute atomic E-state index is 12.6. The lowest BCUT2D eigenvalue weighted by molar-refractivity contribution is 0.104. The van der Waals surface area contributed by atoms with Gasteiger partial charge in [-0.2, -0.15) is 8.78 Å². The van der Waals surface area contributed by atoms with Crippen LogP contribution in [0.15, 0.2) is 24.3 Å². The lowest BCUT2D eigenvalue weighted by Crippen LogP contribution is -2.29. The van der Waals surface area contributed by atoms with E-state index >= 15 is 0 Å². The van der Waals surface area contributed by atoms with E-state index in [9.17, 15) is 8.78 Å². The minimum atomic E-state index is -2.97. The maximum Gasteiger partial charge on any atom is 0.488 e. The monoisotopic (exact) mass is 204 g/mol. The predicted molar refractivity (Wildman–Crippen MR) is 49.9 cm³/mol. The summed E-state index contributed by atoms with van der Waals surface area (Å²) in [5.74, 6) is 0. The van der Waals surface area contributed by atoms with Gasteiger partial charge < -0.3 is 10.0 Å². The topological polar surface area (TPSA) is 40.5 Å². The Hall–Kier alpha value is -0.505. The van der Waals surface area contributed by atoms with E-state index in [0.29, 0.717) is 0 Å². The number of hydrogen-bond acceptors (Lipinski definition) is 2. The molecule has 0 aromatic heterocycles. The third kappa shape index (κ3) is 2.73. The van der Waals surface area contributed by atoms with Gasteiger partial charge >= 0.3 is 7.12 Å². The Kier molecular flexibility index (Phi) is 3.01. The summed E-state index contributed by atoms with van der Waals surface area (Å²) in [5.41, 5.74) is -2.96. The van der Waals surface area contributed by atoms with Crippen molar-refractivity contribution in [3.63, 3.8) is 0 Å². The average Bonchev–Trinajstić information content (AvgIpc) is 2.03. The molecule has 1 atom stereocenters. The molecule has 1 aromatic carbocycles. The summed E-state index contributed by atoms with van der Waals surface area (Å²) in [5, 5.41) is 17.4. The minimum absolute atomic E-state index is 0.179. The fraction of sp³-hybridized carbons (Fsp3) is 0.143. The van der Waals surface area contributed by atoms with Crippen LogP contribution >= 0.6 is 9.24 Å². The van der Waals surface area contributed by atoms with Gasteiger partial charge in [-0.25, -0.2) is 0 Å². The van der Waals surface area contributed by atoms with E-state index in [4.69, 9.17) is 10.0 Å². The first-order valence-electron chi connectivity index (χ1n) is 3.54. The Bertz CT molecular complexity index is 284. The van der Waals surface area contributed by atoms with Crippen LogP contribution in [-0.4, -0.2) is 17.2 Å². The molecule has 0 fully saturated rings. The van der Waals surface area contributed by atoms with Crippen LogP contribution < -0.4 is 5.46 Å². The van der Waals surface area contributed by atoms with Crippen LogP contribution in [0.3, 0.4) is 0 Å². The fourth-order valence-electron chi connectivity index (χ4n) is 0.877. The molecule has 6 heteroatoms. The van der Waals surface area contributed by atoms with Gasteiger partial charge in [0.15, 0.2) is 0 Å². The van der Waals surface area contributed by atoms with Gasteiger partial charge in [-0.15, -0.1) is 0 Å². The first-order chi connectivity index (χ1) is 5.91. The highest BCUT2D eigenvalue weighted by atomic mass is 31.0. The van der Waals surface area contributed by atoms with Crippen molar-refractivity contribution in [2.24, 2.45) is 0 Å². The Morgan fingerprint density at radius 2 is 1.62 bits per heavy atom. The van der Waals surface area contributed by atoms with Crippen LogP contribution in [0.2, 0.25) is 0 Å². The van der Waals surface area contributed by atoms with E-state index in [1.807, 2.05) is 0 Å². The van der Waals surface area contributed by atoms with Crippen LogP contribution in [0.4, 0.5) is 8.78 Å². The largest absolute Gasteiger partial charge is 0.488 e. The highest BCUT2D eigenvalue weighted by molar-refractivity contribution is 7.17. The predicted octanol–water partition coefficient (Wildman–Crippen LogP) is 0.291. The SMILES string of the molecule is OB(O)c1ccc(C(F)(F)P)cc1. The summed E-state index contributed by atoms with van der Waals surface area (Å²) in [4.78, 5) is 0. The molecule has 1 aromatic rings. The van der Waals surface area contributed by atoms with Crippen LogP contribution in [0.5, 0.6) is 0 Å². The second kappa shape index (κ2) is 3.70. The first kappa shape index (κ1) is 10.6. The van der Waals surface area contributed by atoms with Gasteiger partial charge in [-0.1, -0.05) is 33.5 Å². The molecule has 0 aliphatic carbocycles. The van der Waals surface area contributed by atoms with Crippen molar-refractivity contribution in [2.75, 3.05) is 0 Å². The second-order valence-electron chi connectivity index (χ2n) is 2.62. The molecule has 0 spiro atoms. The molecule has 0 saturated carbocycles. The zero-order valence-electron chi connectivity index (χ0n) is 6.61. The molecule has 70 valence electrons. The standard InChI is InChI=1S/C7H8BF2O2P/c9-7(10,13)5-1-3-6(4-2-5)8(11)12/h1-4,11-12H,13H2. The minimum Gasteiger partial charge on any atom is -0.423 e. The third-order valence-electron chi connectivity index (χ3n) is 1.59. The van der Waals surface area contributed by atoms with Gasteiger partial charge in [0.1, 0.15) is 0 Å². The van der Waals surface area contributed by atoms with Crippen LogP contribution in [-0.2, 0) is 5.66 Å². The zero-order valence-corrected chi connectivity index (χ0v) is 7.77. The molecule has 1 rings (SSSR count). The number of alkyl halides is 2. The fourth-order valence-corrected chi connectivity index (χ4v) is 1.07. The Morgan fingerprint density at radius 3 is 1.92 bits per heavy atom.